The van der Waals surface area contributed by atoms with Gasteiger partial charge in [-0.2, -0.15) is 0 Å². The van der Waals surface area contributed by atoms with E-state index in [0.29, 0.717) is 17.6 Å². The molecule has 4 nitrogen and oxygen atoms in total. The molecule has 1 aliphatic rings. The molecule has 1 fully saturated rings. The molecule has 0 bridgehead atoms. The van der Waals surface area contributed by atoms with Crippen LogP contribution in [-0.2, 0) is 0 Å². The van der Waals surface area contributed by atoms with Crippen LogP contribution in [0.3, 0.4) is 0 Å². The quantitative estimate of drug-likeness (QED) is 0.790. The summed E-state index contributed by atoms with van der Waals surface area (Å²) in [5.74, 6) is -0.626. The molecule has 0 spiro atoms. The molecule has 104 valence electrons. The average Bonchev–Trinajstić information content (AvgIpc) is 2.40. The van der Waals surface area contributed by atoms with Gasteiger partial charge in [-0.25, -0.2) is 9.18 Å². The summed E-state index contributed by atoms with van der Waals surface area (Å²) in [6, 6.07) is 2.79. The Morgan fingerprint density at radius 1 is 1.37 bits per heavy atom. The fourth-order valence-corrected chi connectivity index (χ4v) is 2.30. The van der Waals surface area contributed by atoms with Gasteiger partial charge >= 0.3 is 6.03 Å². The van der Waals surface area contributed by atoms with Crippen molar-refractivity contribution in [2.75, 3.05) is 38.5 Å². The molecule has 2 rings (SSSR count). The molecule has 0 atom stereocenters. The van der Waals surface area contributed by atoms with Gasteiger partial charge in [0.1, 0.15) is 0 Å². The molecule has 1 heterocycles. The molecule has 19 heavy (non-hydrogen) atoms. The number of nitrogens with zero attached hydrogens (tertiary/aromatic N) is 2. The largest absolute Gasteiger partial charge is 0.322 e. The smallest absolute Gasteiger partial charge is 0.322 e. The van der Waals surface area contributed by atoms with E-state index in [2.05, 4.69) is 26.1 Å². The van der Waals surface area contributed by atoms with Crippen LogP contribution in [0.2, 0.25) is 5.02 Å². The monoisotopic (exact) mass is 349 g/mol. The van der Waals surface area contributed by atoms with E-state index in [1.54, 1.807) is 11.0 Å². The summed E-state index contributed by atoms with van der Waals surface area (Å²) >= 11 is 8.91. The van der Waals surface area contributed by atoms with Crippen molar-refractivity contribution in [2.45, 2.75) is 0 Å². The van der Waals surface area contributed by atoms with Gasteiger partial charge in [-0.15, -0.1) is 0 Å². The molecule has 2 amide bonds. The van der Waals surface area contributed by atoms with Crippen molar-refractivity contribution in [3.63, 3.8) is 0 Å². The second kappa shape index (κ2) is 6.07. The summed E-state index contributed by atoms with van der Waals surface area (Å²) in [6.45, 7) is 2.90. The van der Waals surface area contributed by atoms with Crippen molar-refractivity contribution >= 4 is 39.2 Å². The van der Waals surface area contributed by atoms with Gasteiger partial charge in [0.25, 0.3) is 0 Å². The summed E-state index contributed by atoms with van der Waals surface area (Å²) in [4.78, 5) is 15.8. The Morgan fingerprint density at radius 3 is 2.63 bits per heavy atom. The van der Waals surface area contributed by atoms with Crippen LogP contribution >= 0.6 is 27.5 Å². The van der Waals surface area contributed by atoms with Crippen LogP contribution in [0.25, 0.3) is 0 Å². The second-order valence-corrected chi connectivity index (χ2v) is 5.68. The van der Waals surface area contributed by atoms with Gasteiger partial charge in [0.15, 0.2) is 5.82 Å². The number of urea groups is 1. The van der Waals surface area contributed by atoms with Crippen molar-refractivity contribution < 1.29 is 9.18 Å². The maximum absolute atomic E-state index is 13.8. The van der Waals surface area contributed by atoms with E-state index in [0.717, 1.165) is 13.1 Å². The lowest BCUT2D eigenvalue weighted by Gasteiger charge is -2.32. The van der Waals surface area contributed by atoms with E-state index in [4.69, 9.17) is 11.6 Å². The summed E-state index contributed by atoms with van der Waals surface area (Å²) in [5.41, 5.74) is 0.0946. The zero-order chi connectivity index (χ0) is 14.0. The molecule has 1 N–H and O–H groups in total. The normalized spacial score (nSPS) is 16.5. The minimum absolute atomic E-state index is 0.0313. The molecule has 0 saturated carbocycles. The van der Waals surface area contributed by atoms with Gasteiger partial charge in [0.2, 0.25) is 0 Å². The van der Waals surface area contributed by atoms with Gasteiger partial charge in [0, 0.05) is 30.7 Å². The zero-order valence-electron chi connectivity index (χ0n) is 10.4. The topological polar surface area (TPSA) is 35.6 Å². The van der Waals surface area contributed by atoms with E-state index < -0.39 is 5.82 Å². The molecule has 0 unspecified atom stereocenters. The molecular weight excluding hydrogens is 337 g/mol. The van der Waals surface area contributed by atoms with E-state index in [9.17, 15) is 9.18 Å². The first kappa shape index (κ1) is 14.6. The number of rotatable bonds is 1. The number of amides is 2. The van der Waals surface area contributed by atoms with E-state index in [1.165, 1.54) is 6.07 Å². The maximum atomic E-state index is 13.8. The molecule has 0 aliphatic carbocycles. The van der Waals surface area contributed by atoms with Gasteiger partial charge in [0.05, 0.1) is 10.7 Å². The van der Waals surface area contributed by atoms with Gasteiger partial charge in [-0.1, -0.05) is 11.6 Å². The number of carbonyl (C=O) groups excluding carboxylic acids is 1. The van der Waals surface area contributed by atoms with Gasteiger partial charge < -0.3 is 15.1 Å². The lowest BCUT2D eigenvalue weighted by molar-refractivity contribution is 0.164. The highest BCUT2D eigenvalue weighted by Crippen LogP contribution is 2.30. The van der Waals surface area contributed by atoms with Crippen molar-refractivity contribution in [1.29, 1.82) is 0 Å². The number of anilines is 1. The number of benzene rings is 1. The predicted octanol–water partition coefficient (Wildman–Crippen LogP) is 3.02. The second-order valence-electron chi connectivity index (χ2n) is 4.44. The minimum atomic E-state index is -0.626. The Bertz CT molecular complexity index is 492. The molecule has 1 aromatic rings. The van der Waals surface area contributed by atoms with Crippen LogP contribution in [0, 0.1) is 5.82 Å². The number of hydrogen-bond acceptors (Lipinski definition) is 2. The van der Waals surface area contributed by atoms with Crippen LogP contribution in [0.5, 0.6) is 0 Å². The SMILES string of the molecule is CN1CCN(C(=O)Nc2ccc(Br)c(Cl)c2F)CC1. The number of likely N-dealkylation sites (N-methyl/N-ethyl adjacent to an activating group) is 1. The minimum Gasteiger partial charge on any atom is -0.322 e. The Hall–Kier alpha value is -0.850. The van der Waals surface area contributed by atoms with Crippen LogP contribution in [-0.4, -0.2) is 49.1 Å². The zero-order valence-corrected chi connectivity index (χ0v) is 12.8. The van der Waals surface area contributed by atoms with Crippen LogP contribution in [0.15, 0.2) is 16.6 Å². The Labute approximate surface area is 124 Å². The Kier molecular flexibility index (Phi) is 4.65. The predicted molar refractivity (Wildman–Crippen MR) is 77.2 cm³/mol. The third-order valence-corrected chi connectivity index (χ3v) is 4.33. The van der Waals surface area contributed by atoms with Gasteiger partial charge in [-0.3, -0.25) is 0 Å². The Balaban J connectivity index is 2.05. The number of hydrogen-bond donors (Lipinski definition) is 1. The molecule has 0 radical (unpaired) electrons. The number of carbonyl (C=O) groups is 1. The summed E-state index contributed by atoms with van der Waals surface area (Å²) in [5, 5.41) is 2.52. The molecule has 7 heteroatoms. The standard InChI is InChI=1S/C12H14BrClFN3O/c1-17-4-6-18(7-5-17)12(19)16-9-3-2-8(13)10(14)11(9)15/h2-3H,4-7H2,1H3,(H,16,19). The third-order valence-electron chi connectivity index (χ3n) is 3.07. The van der Waals surface area contributed by atoms with Crippen molar-refractivity contribution in [2.24, 2.45) is 0 Å². The van der Waals surface area contributed by atoms with Crippen LogP contribution < -0.4 is 5.32 Å². The Morgan fingerprint density at radius 2 is 2.00 bits per heavy atom. The summed E-state index contributed by atoms with van der Waals surface area (Å²) < 4.78 is 14.3. The molecule has 1 saturated heterocycles. The van der Waals surface area contributed by atoms with Crippen molar-refractivity contribution in [3.05, 3.63) is 27.4 Å². The average molecular weight is 351 g/mol. The first-order valence-electron chi connectivity index (χ1n) is 5.87. The first-order valence-corrected chi connectivity index (χ1v) is 7.04. The lowest BCUT2D eigenvalue weighted by atomic mass is 10.3. The fraction of sp³-hybridized carbons (Fsp3) is 0.417. The maximum Gasteiger partial charge on any atom is 0.322 e. The summed E-state index contributed by atoms with van der Waals surface area (Å²) in [7, 11) is 2.00. The van der Waals surface area contributed by atoms with E-state index >= 15 is 0 Å². The molecule has 1 aliphatic heterocycles. The molecular formula is C12H14BrClFN3O. The van der Waals surface area contributed by atoms with Crippen molar-refractivity contribution in [3.8, 4) is 0 Å². The first-order chi connectivity index (χ1) is 8.99. The number of piperazine rings is 1. The highest BCUT2D eigenvalue weighted by atomic mass is 79.9. The fourth-order valence-electron chi connectivity index (χ4n) is 1.83. The lowest BCUT2D eigenvalue weighted by Crippen LogP contribution is -2.48. The van der Waals surface area contributed by atoms with Crippen molar-refractivity contribution in [1.82, 2.24) is 9.80 Å². The number of nitrogens with one attached hydrogen (secondary N) is 1. The number of halogens is 3. The van der Waals surface area contributed by atoms with Crippen LogP contribution in [0.1, 0.15) is 0 Å². The molecule has 0 aromatic heterocycles. The highest BCUT2D eigenvalue weighted by Gasteiger charge is 2.20. The van der Waals surface area contributed by atoms with Gasteiger partial charge in [-0.05, 0) is 35.1 Å². The van der Waals surface area contributed by atoms with E-state index in [-0.39, 0.29) is 16.7 Å². The van der Waals surface area contributed by atoms with Crippen LogP contribution in [0.4, 0.5) is 14.9 Å². The third kappa shape index (κ3) is 3.38. The molecule has 1 aromatic carbocycles. The summed E-state index contributed by atoms with van der Waals surface area (Å²) in [6.07, 6.45) is 0. The van der Waals surface area contributed by atoms with E-state index in [1.807, 2.05) is 7.05 Å². The highest BCUT2D eigenvalue weighted by molar-refractivity contribution is 9.10.